The molecular weight excluding hydrogens is 370 g/mol. The maximum Gasteiger partial charge on any atom is 0.341 e. The van der Waals surface area contributed by atoms with E-state index in [1.54, 1.807) is 18.3 Å². The number of carboxylic acids is 1. The molecular formula is C19H24ClN3O4. The van der Waals surface area contributed by atoms with Gasteiger partial charge < -0.3 is 19.3 Å². The number of rotatable bonds is 7. The highest BCUT2D eigenvalue weighted by Gasteiger charge is 2.27. The lowest BCUT2D eigenvalue weighted by Gasteiger charge is -2.28. The Morgan fingerprint density at radius 2 is 1.96 bits per heavy atom. The molecule has 0 aliphatic carbocycles. The highest BCUT2D eigenvalue weighted by Crippen LogP contribution is 2.26. The van der Waals surface area contributed by atoms with E-state index in [0.717, 1.165) is 24.2 Å². The molecule has 1 aliphatic heterocycles. The first kappa shape index (κ1) is 20.8. The molecule has 0 saturated carbocycles. The van der Waals surface area contributed by atoms with Gasteiger partial charge in [-0.05, 0) is 36.6 Å². The van der Waals surface area contributed by atoms with Crippen molar-refractivity contribution < 1.29 is 19.4 Å². The van der Waals surface area contributed by atoms with Crippen LogP contribution in [0.1, 0.15) is 30.9 Å². The smallest absolute Gasteiger partial charge is 0.341 e. The Kier molecular flexibility index (Phi) is 6.85. The summed E-state index contributed by atoms with van der Waals surface area (Å²) in [6, 6.07) is 7.13. The Bertz CT molecular complexity index is 802. The van der Waals surface area contributed by atoms with E-state index in [9.17, 15) is 9.59 Å². The Labute approximate surface area is 164 Å². The summed E-state index contributed by atoms with van der Waals surface area (Å²) in [5.74, 6) is 0.484. The average molecular weight is 394 g/mol. The molecule has 27 heavy (non-hydrogen) atoms. The number of halogens is 1. The van der Waals surface area contributed by atoms with E-state index in [4.69, 9.17) is 9.84 Å². The van der Waals surface area contributed by atoms with Crippen LogP contribution < -0.4 is 4.74 Å². The largest absolute Gasteiger partial charge is 0.482 e. The zero-order valence-electron chi connectivity index (χ0n) is 15.4. The summed E-state index contributed by atoms with van der Waals surface area (Å²) < 4.78 is 7.09. The summed E-state index contributed by atoms with van der Waals surface area (Å²) in [5, 5.41) is 8.65. The summed E-state index contributed by atoms with van der Waals surface area (Å²) in [7, 11) is 0. The van der Waals surface area contributed by atoms with Crippen molar-refractivity contribution in [2.75, 3.05) is 19.7 Å². The lowest BCUT2D eigenvalue weighted by atomic mass is 10.1. The molecule has 1 aromatic heterocycles. The number of aliphatic carboxylic acids is 1. The number of hydrogen-bond acceptors (Lipinski definition) is 4. The van der Waals surface area contributed by atoms with E-state index in [0.29, 0.717) is 30.6 Å². The number of benzene rings is 1. The summed E-state index contributed by atoms with van der Waals surface area (Å²) >= 11 is 0. The SMILES string of the molecule is CC(C)CCN1CCn2c(-c3ccc(OCC(=O)O)cc3)cnc2C1=O.Cl. The van der Waals surface area contributed by atoms with Gasteiger partial charge in [0.05, 0.1) is 11.9 Å². The first-order valence-corrected chi connectivity index (χ1v) is 8.75. The zero-order valence-corrected chi connectivity index (χ0v) is 16.2. The maximum absolute atomic E-state index is 12.6. The Balaban J connectivity index is 0.00000261. The molecule has 0 saturated heterocycles. The lowest BCUT2D eigenvalue weighted by molar-refractivity contribution is -0.139. The van der Waals surface area contributed by atoms with Crippen LogP contribution in [0, 0.1) is 5.92 Å². The zero-order chi connectivity index (χ0) is 18.7. The number of fused-ring (bicyclic) bond motifs is 1. The third-order valence-corrected chi connectivity index (χ3v) is 4.42. The number of hydrogen-bond donors (Lipinski definition) is 1. The molecule has 1 aromatic carbocycles. The first-order valence-electron chi connectivity index (χ1n) is 8.75. The number of aromatic nitrogens is 2. The minimum absolute atomic E-state index is 0. The molecule has 0 unspecified atom stereocenters. The van der Waals surface area contributed by atoms with Gasteiger partial charge in [-0.25, -0.2) is 9.78 Å². The minimum Gasteiger partial charge on any atom is -0.482 e. The van der Waals surface area contributed by atoms with Crippen molar-refractivity contribution in [3.8, 4) is 17.0 Å². The molecule has 7 nitrogen and oxygen atoms in total. The number of carbonyl (C=O) groups is 2. The van der Waals surface area contributed by atoms with Gasteiger partial charge in [-0.2, -0.15) is 0 Å². The van der Waals surface area contributed by atoms with Crippen LogP contribution in [-0.4, -0.2) is 51.1 Å². The molecule has 0 spiro atoms. The van der Waals surface area contributed by atoms with Gasteiger partial charge >= 0.3 is 5.97 Å². The fraction of sp³-hybridized carbons (Fsp3) is 0.421. The molecule has 0 atom stereocenters. The van der Waals surface area contributed by atoms with Crippen molar-refractivity contribution in [2.24, 2.45) is 5.92 Å². The second-order valence-corrected chi connectivity index (χ2v) is 6.80. The van der Waals surface area contributed by atoms with Crippen LogP contribution in [0.5, 0.6) is 5.75 Å². The molecule has 1 amide bonds. The highest BCUT2D eigenvalue weighted by atomic mass is 35.5. The number of imidazole rings is 1. The number of ether oxygens (including phenoxy) is 1. The van der Waals surface area contributed by atoms with Crippen LogP contribution in [0.4, 0.5) is 0 Å². The van der Waals surface area contributed by atoms with Crippen molar-refractivity contribution in [1.82, 2.24) is 14.5 Å². The Morgan fingerprint density at radius 1 is 1.26 bits per heavy atom. The summed E-state index contributed by atoms with van der Waals surface area (Å²) in [4.78, 5) is 29.4. The summed E-state index contributed by atoms with van der Waals surface area (Å²) in [6.07, 6.45) is 2.70. The van der Waals surface area contributed by atoms with Gasteiger partial charge in [-0.1, -0.05) is 13.8 Å². The van der Waals surface area contributed by atoms with E-state index in [1.807, 2.05) is 21.6 Å². The second-order valence-electron chi connectivity index (χ2n) is 6.80. The van der Waals surface area contributed by atoms with E-state index < -0.39 is 5.97 Å². The minimum atomic E-state index is -1.01. The molecule has 0 radical (unpaired) electrons. The van der Waals surface area contributed by atoms with Crippen molar-refractivity contribution >= 4 is 24.3 Å². The molecule has 0 fully saturated rings. The molecule has 8 heteroatoms. The van der Waals surface area contributed by atoms with Gasteiger partial charge in [-0.15, -0.1) is 12.4 Å². The highest BCUT2D eigenvalue weighted by molar-refractivity contribution is 5.92. The van der Waals surface area contributed by atoms with Gasteiger partial charge in [0.15, 0.2) is 12.4 Å². The third kappa shape index (κ3) is 4.80. The lowest BCUT2D eigenvalue weighted by Crippen LogP contribution is -2.41. The summed E-state index contributed by atoms with van der Waals surface area (Å²) in [5.41, 5.74) is 1.79. The normalized spacial score (nSPS) is 13.3. The monoisotopic (exact) mass is 393 g/mol. The fourth-order valence-electron chi connectivity index (χ4n) is 2.96. The van der Waals surface area contributed by atoms with E-state index in [-0.39, 0.29) is 24.9 Å². The Morgan fingerprint density at radius 3 is 2.59 bits per heavy atom. The summed E-state index contributed by atoms with van der Waals surface area (Å²) in [6.45, 7) is 6.08. The molecule has 3 rings (SSSR count). The first-order chi connectivity index (χ1) is 12.5. The average Bonchev–Trinajstić information content (AvgIpc) is 3.04. The molecule has 2 aromatic rings. The predicted octanol–water partition coefficient (Wildman–Crippen LogP) is 2.94. The van der Waals surface area contributed by atoms with Crippen LogP contribution in [0.3, 0.4) is 0 Å². The van der Waals surface area contributed by atoms with Gasteiger partial charge in [0, 0.05) is 25.2 Å². The third-order valence-electron chi connectivity index (χ3n) is 4.42. The quantitative estimate of drug-likeness (QED) is 0.781. The van der Waals surface area contributed by atoms with E-state index in [1.165, 1.54) is 0 Å². The van der Waals surface area contributed by atoms with Gasteiger partial charge in [0.1, 0.15) is 5.75 Å². The number of nitrogens with zero attached hydrogens (tertiary/aromatic N) is 3. The molecule has 2 heterocycles. The van der Waals surface area contributed by atoms with Crippen LogP contribution in [0.25, 0.3) is 11.3 Å². The molecule has 146 valence electrons. The van der Waals surface area contributed by atoms with Crippen molar-refractivity contribution in [3.05, 3.63) is 36.3 Å². The van der Waals surface area contributed by atoms with E-state index >= 15 is 0 Å². The van der Waals surface area contributed by atoms with Crippen LogP contribution >= 0.6 is 12.4 Å². The molecule has 1 N–H and O–H groups in total. The standard InChI is InChI=1S/C19H23N3O4.ClH/c1-13(2)7-8-21-9-10-22-16(11-20-18(22)19(21)25)14-3-5-15(6-4-14)26-12-17(23)24;/h3-6,11,13H,7-10,12H2,1-2H3,(H,23,24);1H. The number of amides is 1. The molecule has 0 bridgehead atoms. The fourth-order valence-corrected chi connectivity index (χ4v) is 2.96. The van der Waals surface area contributed by atoms with Crippen molar-refractivity contribution in [1.29, 1.82) is 0 Å². The topological polar surface area (TPSA) is 84.7 Å². The predicted molar refractivity (Wildman–Crippen MR) is 103 cm³/mol. The van der Waals surface area contributed by atoms with Crippen molar-refractivity contribution in [3.63, 3.8) is 0 Å². The Hall–Kier alpha value is -2.54. The molecule has 1 aliphatic rings. The van der Waals surface area contributed by atoms with Crippen LogP contribution in [0.2, 0.25) is 0 Å². The maximum atomic E-state index is 12.6. The van der Waals surface area contributed by atoms with Crippen LogP contribution in [-0.2, 0) is 11.3 Å². The van der Waals surface area contributed by atoms with Crippen LogP contribution in [0.15, 0.2) is 30.5 Å². The van der Waals surface area contributed by atoms with E-state index in [2.05, 4.69) is 18.8 Å². The van der Waals surface area contributed by atoms with Gasteiger partial charge in [0.2, 0.25) is 0 Å². The number of carboxylic acid groups (broad SMARTS) is 1. The number of carbonyl (C=O) groups excluding carboxylic acids is 1. The second kappa shape index (κ2) is 8.90. The van der Waals surface area contributed by atoms with Crippen molar-refractivity contribution in [2.45, 2.75) is 26.8 Å². The van der Waals surface area contributed by atoms with Gasteiger partial charge in [-0.3, -0.25) is 4.79 Å². The van der Waals surface area contributed by atoms with Gasteiger partial charge in [0.25, 0.3) is 5.91 Å².